The summed E-state index contributed by atoms with van der Waals surface area (Å²) in [5, 5.41) is 3.06. The molecule has 0 atom stereocenters. The number of nitrogens with one attached hydrogen (secondary N) is 1. The van der Waals surface area contributed by atoms with Crippen molar-refractivity contribution < 1.29 is 13.9 Å². The number of nitrogens with zero attached hydrogens (tertiary/aromatic N) is 3. The Morgan fingerprint density at radius 2 is 1.90 bits per heavy atom. The maximum Gasteiger partial charge on any atom is 0.293 e. The average Bonchev–Trinajstić information content (AvgIpc) is 2.76. The van der Waals surface area contributed by atoms with Crippen LogP contribution in [-0.2, 0) is 16.0 Å². The van der Waals surface area contributed by atoms with E-state index in [9.17, 15) is 9.18 Å². The molecule has 3 rings (SSSR count). The summed E-state index contributed by atoms with van der Waals surface area (Å²) < 4.78 is 26.0. The largest absolute Gasteiger partial charge is 0.380 e. The van der Waals surface area contributed by atoms with E-state index in [2.05, 4.69) is 15.3 Å². The molecule has 1 N–H and O–H groups in total. The molecule has 8 heteroatoms. The number of halogens is 1. The normalized spacial score (nSPS) is 11.4. The van der Waals surface area contributed by atoms with E-state index < -0.39 is 0 Å². The molecule has 0 bridgehead atoms. The van der Waals surface area contributed by atoms with Gasteiger partial charge in [-0.3, -0.25) is 9.36 Å². The van der Waals surface area contributed by atoms with E-state index in [0.29, 0.717) is 44.1 Å². The first kappa shape index (κ1) is 22.8. The predicted molar refractivity (Wildman–Crippen MR) is 120 cm³/mol. The van der Waals surface area contributed by atoms with Crippen LogP contribution in [0.4, 0.5) is 10.2 Å². The van der Waals surface area contributed by atoms with Gasteiger partial charge in [0.05, 0.1) is 24.8 Å². The Hall–Kier alpha value is -2.84. The van der Waals surface area contributed by atoms with Gasteiger partial charge in [-0.05, 0) is 44.0 Å². The topological polar surface area (TPSA) is 78.3 Å². The van der Waals surface area contributed by atoms with Crippen LogP contribution in [0.5, 0.6) is 0 Å². The summed E-state index contributed by atoms with van der Waals surface area (Å²) in [5.74, 6) is -0.0707. The van der Waals surface area contributed by atoms with Crippen LogP contribution in [-0.4, -0.2) is 47.0 Å². The molecule has 0 amide bonds. The van der Waals surface area contributed by atoms with Crippen molar-refractivity contribution >= 4 is 17.0 Å². The van der Waals surface area contributed by atoms with Crippen molar-refractivity contribution in [2.75, 3.05) is 31.7 Å². The fraction of sp³-hybridized carbons (Fsp3) is 0.435. The lowest BCUT2D eigenvalue weighted by atomic mass is 10.1. The minimum atomic E-state index is -0.304. The summed E-state index contributed by atoms with van der Waals surface area (Å²) >= 11 is 0. The maximum absolute atomic E-state index is 13.3. The predicted octanol–water partition coefficient (Wildman–Crippen LogP) is 3.86. The van der Waals surface area contributed by atoms with Gasteiger partial charge in [0, 0.05) is 31.5 Å². The molecule has 0 aliphatic carbocycles. The second-order valence-corrected chi connectivity index (χ2v) is 7.45. The van der Waals surface area contributed by atoms with Crippen molar-refractivity contribution in [3.63, 3.8) is 0 Å². The molecule has 0 aliphatic heterocycles. The molecular formula is C23H29FN4O3. The number of hydrogen-bond acceptors (Lipinski definition) is 6. The number of anilines is 1. The lowest BCUT2D eigenvalue weighted by molar-refractivity contribution is 0.0870. The van der Waals surface area contributed by atoms with Crippen LogP contribution in [0.1, 0.15) is 27.2 Å². The minimum absolute atomic E-state index is 0.116. The summed E-state index contributed by atoms with van der Waals surface area (Å²) in [5.41, 5.74) is 2.41. The highest BCUT2D eigenvalue weighted by atomic mass is 19.1. The Morgan fingerprint density at radius 3 is 2.61 bits per heavy atom. The molecule has 3 aromatic rings. The summed E-state index contributed by atoms with van der Waals surface area (Å²) in [4.78, 5) is 22.0. The fourth-order valence-corrected chi connectivity index (χ4v) is 3.13. The fourth-order valence-electron chi connectivity index (χ4n) is 3.13. The zero-order chi connectivity index (χ0) is 22.2. The van der Waals surface area contributed by atoms with Gasteiger partial charge in [-0.1, -0.05) is 19.1 Å². The first-order valence-corrected chi connectivity index (χ1v) is 10.6. The Kier molecular flexibility index (Phi) is 8.08. The van der Waals surface area contributed by atoms with E-state index >= 15 is 0 Å². The third kappa shape index (κ3) is 6.08. The molecule has 0 saturated heterocycles. The molecule has 0 aliphatic rings. The Morgan fingerprint density at radius 1 is 1.13 bits per heavy atom. The van der Waals surface area contributed by atoms with Gasteiger partial charge in [-0.15, -0.1) is 0 Å². The van der Waals surface area contributed by atoms with Crippen molar-refractivity contribution in [2.24, 2.45) is 0 Å². The monoisotopic (exact) mass is 428 g/mol. The standard InChI is InChI=1S/C23H29FN4O3/c1-4-11-30-13-10-28-20-14-18(17-5-7-19(24)8-6-17)15-26-21(20)27-22(23(28)29)25-9-12-31-16(2)3/h5-8,14-16H,4,9-13H2,1-3H3,(H,25,26,27). The van der Waals surface area contributed by atoms with Gasteiger partial charge in [0.25, 0.3) is 5.56 Å². The Bertz CT molecular complexity index is 1050. The third-order valence-corrected chi connectivity index (χ3v) is 4.63. The third-order valence-electron chi connectivity index (χ3n) is 4.63. The molecule has 1 aromatic carbocycles. The number of rotatable bonds is 11. The van der Waals surface area contributed by atoms with Crippen molar-refractivity contribution in [1.82, 2.24) is 14.5 Å². The van der Waals surface area contributed by atoms with Crippen molar-refractivity contribution in [3.05, 3.63) is 52.7 Å². The molecule has 0 saturated carbocycles. The first-order chi connectivity index (χ1) is 15.0. The summed E-state index contributed by atoms with van der Waals surface area (Å²) in [7, 11) is 0. The molecule has 2 heterocycles. The van der Waals surface area contributed by atoms with Gasteiger partial charge in [0.15, 0.2) is 11.5 Å². The summed E-state index contributed by atoms with van der Waals surface area (Å²) in [6.45, 7) is 8.30. The molecule has 0 spiro atoms. The Balaban J connectivity index is 1.95. The van der Waals surface area contributed by atoms with Gasteiger partial charge < -0.3 is 14.8 Å². The second kappa shape index (κ2) is 11.0. The number of ether oxygens (including phenoxy) is 2. The first-order valence-electron chi connectivity index (χ1n) is 10.6. The van der Waals surface area contributed by atoms with Crippen molar-refractivity contribution in [3.8, 4) is 11.1 Å². The molecular weight excluding hydrogens is 399 g/mol. The van der Waals surface area contributed by atoms with Crippen molar-refractivity contribution in [1.29, 1.82) is 0 Å². The SMILES string of the molecule is CCCOCCn1c(=O)c(NCCOC(C)C)nc2ncc(-c3ccc(F)cc3)cc21. The van der Waals surface area contributed by atoms with E-state index in [1.807, 2.05) is 26.8 Å². The minimum Gasteiger partial charge on any atom is -0.380 e. The second-order valence-electron chi connectivity index (χ2n) is 7.45. The van der Waals surface area contributed by atoms with E-state index in [1.54, 1.807) is 22.9 Å². The van der Waals surface area contributed by atoms with Crippen LogP contribution in [0.3, 0.4) is 0 Å². The van der Waals surface area contributed by atoms with Gasteiger partial charge >= 0.3 is 0 Å². The van der Waals surface area contributed by atoms with Crippen molar-refractivity contribution in [2.45, 2.75) is 39.8 Å². The van der Waals surface area contributed by atoms with E-state index in [4.69, 9.17) is 9.47 Å². The smallest absolute Gasteiger partial charge is 0.293 e. The van der Waals surface area contributed by atoms with Gasteiger partial charge in [0.1, 0.15) is 5.82 Å². The summed E-state index contributed by atoms with van der Waals surface area (Å²) in [6.07, 6.45) is 2.70. The van der Waals surface area contributed by atoms with Crippen LogP contribution < -0.4 is 10.9 Å². The lowest BCUT2D eigenvalue weighted by Gasteiger charge is -2.14. The molecule has 0 radical (unpaired) electrons. The van der Waals surface area contributed by atoms with E-state index in [-0.39, 0.29) is 23.3 Å². The number of fused-ring (bicyclic) bond motifs is 1. The molecule has 166 valence electrons. The number of hydrogen-bond donors (Lipinski definition) is 1. The molecule has 31 heavy (non-hydrogen) atoms. The highest BCUT2D eigenvalue weighted by molar-refractivity contribution is 5.79. The van der Waals surface area contributed by atoms with Crippen LogP contribution in [0, 0.1) is 5.82 Å². The number of benzene rings is 1. The zero-order valence-electron chi connectivity index (χ0n) is 18.2. The van der Waals surface area contributed by atoms with Crippen LogP contribution in [0.15, 0.2) is 41.3 Å². The molecule has 0 fully saturated rings. The van der Waals surface area contributed by atoms with Crippen LogP contribution >= 0.6 is 0 Å². The highest BCUT2D eigenvalue weighted by Crippen LogP contribution is 2.22. The number of pyridine rings is 1. The quantitative estimate of drug-likeness (QED) is 0.467. The number of aromatic nitrogens is 3. The summed E-state index contributed by atoms with van der Waals surface area (Å²) in [6, 6.07) is 8.02. The zero-order valence-corrected chi connectivity index (χ0v) is 18.2. The van der Waals surface area contributed by atoms with E-state index in [1.165, 1.54) is 12.1 Å². The van der Waals surface area contributed by atoms with Gasteiger partial charge in [-0.2, -0.15) is 0 Å². The average molecular weight is 429 g/mol. The highest BCUT2D eigenvalue weighted by Gasteiger charge is 2.13. The maximum atomic E-state index is 13.3. The molecule has 2 aromatic heterocycles. The van der Waals surface area contributed by atoms with Gasteiger partial charge in [0.2, 0.25) is 0 Å². The van der Waals surface area contributed by atoms with E-state index in [0.717, 1.165) is 17.5 Å². The molecule has 0 unspecified atom stereocenters. The van der Waals surface area contributed by atoms with Crippen LogP contribution in [0.2, 0.25) is 0 Å². The van der Waals surface area contributed by atoms with Gasteiger partial charge in [-0.25, -0.2) is 14.4 Å². The van der Waals surface area contributed by atoms with Crippen LogP contribution in [0.25, 0.3) is 22.3 Å². The Labute approximate surface area is 181 Å². The lowest BCUT2D eigenvalue weighted by Crippen LogP contribution is -2.28. The molecule has 7 nitrogen and oxygen atoms in total.